The third-order valence-electron chi connectivity index (χ3n) is 2.95. The number of amides is 1. The molecule has 6 nitrogen and oxygen atoms in total. The first kappa shape index (κ1) is 14.6. The van der Waals surface area contributed by atoms with E-state index in [9.17, 15) is 4.79 Å². The summed E-state index contributed by atoms with van der Waals surface area (Å²) in [4.78, 5) is 12.0. The smallest absolute Gasteiger partial charge is 0.254 e. The van der Waals surface area contributed by atoms with Gasteiger partial charge < -0.3 is 24.8 Å². The van der Waals surface area contributed by atoms with E-state index in [2.05, 4.69) is 10.6 Å². The number of benzene rings is 1. The minimum absolute atomic E-state index is 0.164. The van der Waals surface area contributed by atoms with Crippen molar-refractivity contribution >= 4 is 11.6 Å². The fourth-order valence-corrected chi connectivity index (χ4v) is 1.98. The van der Waals surface area contributed by atoms with Gasteiger partial charge in [-0.15, -0.1) is 0 Å². The third kappa shape index (κ3) is 3.61. The Bertz CT molecular complexity index is 458. The van der Waals surface area contributed by atoms with E-state index in [0.717, 1.165) is 6.54 Å². The van der Waals surface area contributed by atoms with Crippen molar-refractivity contribution in [3.63, 3.8) is 0 Å². The SMILES string of the molecule is CCOc1ccc(NC(=O)C2CNCCO2)cc1OC. The van der Waals surface area contributed by atoms with Crippen LogP contribution in [0.25, 0.3) is 0 Å². The molecule has 20 heavy (non-hydrogen) atoms. The van der Waals surface area contributed by atoms with Crippen LogP contribution in [0.4, 0.5) is 5.69 Å². The number of hydrogen-bond donors (Lipinski definition) is 2. The second-order valence-corrected chi connectivity index (χ2v) is 4.35. The number of hydrogen-bond acceptors (Lipinski definition) is 5. The van der Waals surface area contributed by atoms with Gasteiger partial charge in [0.2, 0.25) is 0 Å². The van der Waals surface area contributed by atoms with E-state index < -0.39 is 6.10 Å². The minimum Gasteiger partial charge on any atom is -0.493 e. The maximum absolute atomic E-state index is 12.0. The van der Waals surface area contributed by atoms with Gasteiger partial charge in [0.1, 0.15) is 6.10 Å². The monoisotopic (exact) mass is 280 g/mol. The average Bonchev–Trinajstić information content (AvgIpc) is 2.50. The molecule has 110 valence electrons. The normalized spacial score (nSPS) is 18.4. The number of anilines is 1. The average molecular weight is 280 g/mol. The molecular formula is C14H20N2O4. The van der Waals surface area contributed by atoms with Gasteiger partial charge in [0, 0.05) is 24.8 Å². The van der Waals surface area contributed by atoms with Crippen LogP contribution in [0.5, 0.6) is 11.5 Å². The van der Waals surface area contributed by atoms with Crippen LogP contribution in [-0.4, -0.2) is 45.4 Å². The zero-order valence-electron chi connectivity index (χ0n) is 11.8. The van der Waals surface area contributed by atoms with Gasteiger partial charge in [-0.1, -0.05) is 0 Å². The highest BCUT2D eigenvalue weighted by atomic mass is 16.5. The lowest BCUT2D eigenvalue weighted by Crippen LogP contribution is -2.45. The highest BCUT2D eigenvalue weighted by molar-refractivity contribution is 5.94. The van der Waals surface area contributed by atoms with Crippen molar-refractivity contribution < 1.29 is 19.0 Å². The molecule has 0 saturated carbocycles. The minimum atomic E-state index is -0.457. The van der Waals surface area contributed by atoms with Crippen LogP contribution in [0.2, 0.25) is 0 Å². The molecule has 1 amide bonds. The van der Waals surface area contributed by atoms with Crippen molar-refractivity contribution in [1.82, 2.24) is 5.32 Å². The number of morpholine rings is 1. The summed E-state index contributed by atoms with van der Waals surface area (Å²) in [6.45, 7) is 4.32. The molecule has 0 spiro atoms. The lowest BCUT2D eigenvalue weighted by atomic mass is 10.2. The van der Waals surface area contributed by atoms with Crippen molar-refractivity contribution in [1.29, 1.82) is 0 Å². The summed E-state index contributed by atoms with van der Waals surface area (Å²) in [5, 5.41) is 5.94. The van der Waals surface area contributed by atoms with Gasteiger partial charge in [0.25, 0.3) is 5.91 Å². The predicted octanol–water partition coefficient (Wildman–Crippen LogP) is 1.02. The molecule has 0 aliphatic carbocycles. The van der Waals surface area contributed by atoms with Crippen LogP contribution in [0.15, 0.2) is 18.2 Å². The van der Waals surface area contributed by atoms with Crippen molar-refractivity contribution in [3.05, 3.63) is 18.2 Å². The Kier molecular flexibility index (Phi) is 5.20. The Morgan fingerprint density at radius 2 is 2.35 bits per heavy atom. The van der Waals surface area contributed by atoms with Crippen LogP contribution in [0.3, 0.4) is 0 Å². The third-order valence-corrected chi connectivity index (χ3v) is 2.95. The van der Waals surface area contributed by atoms with Crippen LogP contribution >= 0.6 is 0 Å². The lowest BCUT2D eigenvalue weighted by molar-refractivity contribution is -0.128. The van der Waals surface area contributed by atoms with Crippen molar-refractivity contribution in [2.75, 3.05) is 38.7 Å². The first-order chi connectivity index (χ1) is 9.74. The standard InChI is InChI=1S/C14H20N2O4/c1-3-19-11-5-4-10(8-12(11)18-2)16-14(17)13-9-15-6-7-20-13/h4-5,8,13,15H,3,6-7,9H2,1-2H3,(H,16,17). The molecular weight excluding hydrogens is 260 g/mol. The highest BCUT2D eigenvalue weighted by Crippen LogP contribution is 2.30. The summed E-state index contributed by atoms with van der Waals surface area (Å²) < 4.78 is 16.1. The number of ether oxygens (including phenoxy) is 3. The predicted molar refractivity (Wildman–Crippen MR) is 75.4 cm³/mol. The van der Waals surface area contributed by atoms with Gasteiger partial charge in [-0.05, 0) is 19.1 Å². The summed E-state index contributed by atoms with van der Waals surface area (Å²) in [5.74, 6) is 1.08. The second kappa shape index (κ2) is 7.12. The zero-order chi connectivity index (χ0) is 14.4. The second-order valence-electron chi connectivity index (χ2n) is 4.35. The quantitative estimate of drug-likeness (QED) is 0.843. The molecule has 1 aromatic rings. The fourth-order valence-electron chi connectivity index (χ4n) is 1.98. The first-order valence-electron chi connectivity index (χ1n) is 6.68. The largest absolute Gasteiger partial charge is 0.493 e. The number of nitrogens with one attached hydrogen (secondary N) is 2. The first-order valence-corrected chi connectivity index (χ1v) is 6.68. The zero-order valence-corrected chi connectivity index (χ0v) is 11.8. The van der Waals surface area contributed by atoms with E-state index in [1.54, 1.807) is 25.3 Å². The van der Waals surface area contributed by atoms with Gasteiger partial charge in [-0.3, -0.25) is 4.79 Å². The van der Waals surface area contributed by atoms with E-state index in [-0.39, 0.29) is 5.91 Å². The Balaban J connectivity index is 2.03. The molecule has 1 aromatic carbocycles. The van der Waals surface area contributed by atoms with E-state index >= 15 is 0 Å². The number of methoxy groups -OCH3 is 1. The maximum atomic E-state index is 12.0. The number of carbonyl (C=O) groups is 1. The Morgan fingerprint density at radius 3 is 3.00 bits per heavy atom. The molecule has 2 N–H and O–H groups in total. The molecule has 1 saturated heterocycles. The molecule has 1 aliphatic rings. The molecule has 1 unspecified atom stereocenters. The van der Waals surface area contributed by atoms with Crippen molar-refractivity contribution in [3.8, 4) is 11.5 Å². The molecule has 1 aliphatic heterocycles. The van der Waals surface area contributed by atoms with Crippen LogP contribution < -0.4 is 20.1 Å². The van der Waals surface area contributed by atoms with E-state index in [1.165, 1.54) is 0 Å². The molecule has 1 atom stereocenters. The molecule has 2 rings (SSSR count). The molecule has 6 heteroatoms. The Hall–Kier alpha value is -1.79. The van der Waals surface area contributed by atoms with Crippen LogP contribution in [0.1, 0.15) is 6.92 Å². The molecule has 0 aromatic heterocycles. The number of carbonyl (C=O) groups excluding carboxylic acids is 1. The molecule has 1 heterocycles. The van der Waals surface area contributed by atoms with Gasteiger partial charge in [-0.2, -0.15) is 0 Å². The van der Waals surface area contributed by atoms with E-state index in [1.807, 2.05) is 6.92 Å². The topological polar surface area (TPSA) is 68.8 Å². The van der Waals surface area contributed by atoms with Crippen LogP contribution in [0, 0.1) is 0 Å². The molecule has 0 radical (unpaired) electrons. The van der Waals surface area contributed by atoms with Crippen molar-refractivity contribution in [2.24, 2.45) is 0 Å². The summed E-state index contributed by atoms with van der Waals surface area (Å²) in [6.07, 6.45) is -0.457. The summed E-state index contributed by atoms with van der Waals surface area (Å²) in [7, 11) is 1.57. The highest BCUT2D eigenvalue weighted by Gasteiger charge is 2.22. The fraction of sp³-hybridized carbons (Fsp3) is 0.500. The van der Waals surface area contributed by atoms with Gasteiger partial charge in [-0.25, -0.2) is 0 Å². The van der Waals surface area contributed by atoms with Gasteiger partial charge in [0.15, 0.2) is 11.5 Å². The van der Waals surface area contributed by atoms with Gasteiger partial charge in [0.05, 0.1) is 20.3 Å². The number of rotatable bonds is 5. The lowest BCUT2D eigenvalue weighted by Gasteiger charge is -2.22. The summed E-state index contributed by atoms with van der Waals surface area (Å²) in [5.41, 5.74) is 0.657. The van der Waals surface area contributed by atoms with Crippen LogP contribution in [-0.2, 0) is 9.53 Å². The molecule has 1 fully saturated rings. The summed E-state index contributed by atoms with van der Waals surface area (Å²) >= 11 is 0. The maximum Gasteiger partial charge on any atom is 0.254 e. The van der Waals surface area contributed by atoms with Crippen molar-refractivity contribution in [2.45, 2.75) is 13.0 Å². The van der Waals surface area contributed by atoms with Gasteiger partial charge >= 0.3 is 0 Å². The summed E-state index contributed by atoms with van der Waals surface area (Å²) in [6, 6.07) is 5.29. The Labute approximate surface area is 118 Å². The molecule has 0 bridgehead atoms. The van der Waals surface area contributed by atoms with E-state index in [0.29, 0.717) is 36.9 Å². The Morgan fingerprint density at radius 1 is 1.50 bits per heavy atom. The van der Waals surface area contributed by atoms with E-state index in [4.69, 9.17) is 14.2 Å².